The zero-order valence-electron chi connectivity index (χ0n) is 10.7. The number of thiocarbonyl (C=S) groups is 1. The monoisotopic (exact) mass is 266 g/mol. The molecule has 0 aliphatic carbocycles. The largest absolute Gasteiger partial charge is 0.494 e. The van der Waals surface area contributed by atoms with Gasteiger partial charge in [0, 0.05) is 12.1 Å². The van der Waals surface area contributed by atoms with Crippen LogP contribution < -0.4 is 10.5 Å². The van der Waals surface area contributed by atoms with Gasteiger partial charge in [-0.1, -0.05) is 12.2 Å². The number of hydrogen-bond acceptors (Lipinski definition) is 3. The molecule has 2 N–H and O–H groups in total. The Kier molecular flexibility index (Phi) is 5.58. The van der Waals surface area contributed by atoms with E-state index < -0.39 is 0 Å². The Hall–Kier alpha value is -1.62. The molecule has 0 aliphatic heterocycles. The zero-order chi connectivity index (χ0) is 13.5. The molecule has 18 heavy (non-hydrogen) atoms. The summed E-state index contributed by atoms with van der Waals surface area (Å²) in [5, 5.41) is 0. The third kappa shape index (κ3) is 4.00. The molecular formula is C13H18N2O2S. The lowest BCUT2D eigenvalue weighted by atomic mass is 10.2. The Labute approximate surface area is 113 Å². The van der Waals surface area contributed by atoms with E-state index in [4.69, 9.17) is 22.7 Å². The van der Waals surface area contributed by atoms with Gasteiger partial charge in [-0.25, -0.2) is 0 Å². The number of nitrogens with zero attached hydrogens (tertiary/aromatic N) is 1. The van der Waals surface area contributed by atoms with Gasteiger partial charge in [-0.05, 0) is 38.1 Å². The van der Waals surface area contributed by atoms with Crippen LogP contribution in [-0.2, 0) is 0 Å². The smallest absolute Gasteiger partial charge is 0.254 e. The first-order chi connectivity index (χ1) is 8.58. The molecule has 0 heterocycles. The average molecular weight is 266 g/mol. The average Bonchev–Trinajstić information content (AvgIpc) is 2.36. The highest BCUT2D eigenvalue weighted by atomic mass is 32.1. The van der Waals surface area contributed by atoms with Crippen molar-refractivity contribution >= 4 is 23.1 Å². The number of rotatable bonds is 6. The molecule has 0 radical (unpaired) electrons. The van der Waals surface area contributed by atoms with Crippen LogP contribution in [0.3, 0.4) is 0 Å². The summed E-state index contributed by atoms with van der Waals surface area (Å²) in [4.78, 5) is 14.1. The Morgan fingerprint density at radius 2 is 1.94 bits per heavy atom. The molecule has 5 heteroatoms. The van der Waals surface area contributed by atoms with Gasteiger partial charge in [0.1, 0.15) is 5.75 Å². The van der Waals surface area contributed by atoms with E-state index >= 15 is 0 Å². The summed E-state index contributed by atoms with van der Waals surface area (Å²) in [6.07, 6.45) is 0. The number of carbonyl (C=O) groups is 1. The van der Waals surface area contributed by atoms with E-state index in [1.807, 2.05) is 13.8 Å². The Balaban J connectivity index is 2.78. The van der Waals surface area contributed by atoms with Crippen molar-refractivity contribution in [1.29, 1.82) is 0 Å². The minimum Gasteiger partial charge on any atom is -0.494 e. The molecule has 1 amide bonds. The molecule has 0 spiro atoms. The fourth-order valence-electron chi connectivity index (χ4n) is 1.56. The summed E-state index contributed by atoms with van der Waals surface area (Å²) < 4.78 is 5.33. The summed E-state index contributed by atoms with van der Waals surface area (Å²) in [5.74, 6) is 0.680. The zero-order valence-corrected chi connectivity index (χ0v) is 11.5. The lowest BCUT2D eigenvalue weighted by Gasteiger charge is -2.20. The van der Waals surface area contributed by atoms with E-state index in [-0.39, 0.29) is 5.91 Å². The highest BCUT2D eigenvalue weighted by Crippen LogP contribution is 2.13. The van der Waals surface area contributed by atoms with E-state index in [2.05, 4.69) is 0 Å². The maximum absolute atomic E-state index is 12.2. The van der Waals surface area contributed by atoms with Crippen LogP contribution >= 0.6 is 12.2 Å². The van der Waals surface area contributed by atoms with Gasteiger partial charge < -0.3 is 15.4 Å². The minimum absolute atomic E-state index is 0.0756. The van der Waals surface area contributed by atoms with Crippen molar-refractivity contribution < 1.29 is 9.53 Å². The molecule has 4 nitrogen and oxygen atoms in total. The third-order valence-corrected chi connectivity index (χ3v) is 2.56. The van der Waals surface area contributed by atoms with Crippen LogP contribution in [-0.4, -0.2) is 35.5 Å². The Morgan fingerprint density at radius 3 is 2.39 bits per heavy atom. The van der Waals surface area contributed by atoms with Crippen LogP contribution in [0.1, 0.15) is 24.2 Å². The Morgan fingerprint density at radius 1 is 1.33 bits per heavy atom. The predicted octanol–water partition coefficient (Wildman–Crippen LogP) is 1.83. The lowest BCUT2D eigenvalue weighted by Crippen LogP contribution is -2.37. The highest BCUT2D eigenvalue weighted by molar-refractivity contribution is 7.80. The maximum atomic E-state index is 12.2. The standard InChI is InChI=1S/C13H18N2O2S/c1-3-15(9-12(14)18)13(16)10-5-7-11(8-6-10)17-4-2/h5-8H,3-4,9H2,1-2H3,(H2,14,18). The SMILES string of the molecule is CCOc1ccc(C(=O)N(CC)CC(N)=S)cc1. The van der Waals surface area contributed by atoms with Crippen LogP contribution in [0, 0.1) is 0 Å². The summed E-state index contributed by atoms with van der Waals surface area (Å²) in [6.45, 7) is 5.29. The first kappa shape index (κ1) is 14.4. The minimum atomic E-state index is -0.0756. The fraction of sp³-hybridized carbons (Fsp3) is 0.385. The quantitative estimate of drug-likeness (QED) is 0.798. The molecule has 0 unspecified atom stereocenters. The molecule has 1 aromatic carbocycles. The second kappa shape index (κ2) is 6.96. The summed E-state index contributed by atoms with van der Waals surface area (Å²) in [5.41, 5.74) is 6.07. The number of amides is 1. The molecule has 0 saturated carbocycles. The predicted molar refractivity (Wildman–Crippen MR) is 76.0 cm³/mol. The van der Waals surface area contributed by atoms with Crippen molar-refractivity contribution in [3.05, 3.63) is 29.8 Å². The number of nitrogens with two attached hydrogens (primary N) is 1. The van der Waals surface area contributed by atoms with Crippen molar-refractivity contribution in [3.63, 3.8) is 0 Å². The van der Waals surface area contributed by atoms with E-state index in [1.54, 1.807) is 29.2 Å². The van der Waals surface area contributed by atoms with Gasteiger partial charge in [0.05, 0.1) is 18.1 Å². The van der Waals surface area contributed by atoms with Gasteiger partial charge in [-0.15, -0.1) is 0 Å². The van der Waals surface area contributed by atoms with Crippen molar-refractivity contribution in [3.8, 4) is 5.75 Å². The molecule has 1 aromatic rings. The second-order valence-electron chi connectivity index (χ2n) is 3.74. The van der Waals surface area contributed by atoms with Crippen LogP contribution in [0.4, 0.5) is 0 Å². The number of ether oxygens (including phenoxy) is 1. The number of benzene rings is 1. The summed E-state index contributed by atoms with van der Waals surface area (Å²) in [6, 6.07) is 7.06. The van der Waals surface area contributed by atoms with Crippen LogP contribution in [0.2, 0.25) is 0 Å². The molecule has 0 aliphatic rings. The van der Waals surface area contributed by atoms with Gasteiger partial charge in [0.25, 0.3) is 5.91 Å². The van der Waals surface area contributed by atoms with E-state index in [9.17, 15) is 4.79 Å². The normalized spacial score (nSPS) is 9.89. The topological polar surface area (TPSA) is 55.6 Å². The van der Waals surface area contributed by atoms with Crippen LogP contribution in [0.25, 0.3) is 0 Å². The molecule has 0 bridgehead atoms. The second-order valence-corrected chi connectivity index (χ2v) is 4.27. The van der Waals surface area contributed by atoms with E-state index in [0.29, 0.717) is 30.2 Å². The number of likely N-dealkylation sites (N-methyl/N-ethyl adjacent to an activating group) is 1. The highest BCUT2D eigenvalue weighted by Gasteiger charge is 2.14. The molecular weight excluding hydrogens is 248 g/mol. The lowest BCUT2D eigenvalue weighted by molar-refractivity contribution is 0.0788. The number of carbonyl (C=O) groups excluding carboxylic acids is 1. The molecule has 0 aromatic heterocycles. The molecule has 1 rings (SSSR count). The van der Waals surface area contributed by atoms with Crippen molar-refractivity contribution in [1.82, 2.24) is 4.90 Å². The van der Waals surface area contributed by atoms with Crippen molar-refractivity contribution in [2.24, 2.45) is 5.73 Å². The number of hydrogen-bond donors (Lipinski definition) is 1. The first-order valence-electron chi connectivity index (χ1n) is 5.88. The molecule has 98 valence electrons. The molecule has 0 saturated heterocycles. The van der Waals surface area contributed by atoms with Gasteiger partial charge in [-0.3, -0.25) is 4.79 Å². The fourth-order valence-corrected chi connectivity index (χ4v) is 1.71. The maximum Gasteiger partial charge on any atom is 0.254 e. The van der Waals surface area contributed by atoms with E-state index in [0.717, 1.165) is 5.75 Å². The van der Waals surface area contributed by atoms with Gasteiger partial charge in [0.2, 0.25) is 0 Å². The first-order valence-corrected chi connectivity index (χ1v) is 6.29. The molecule has 0 fully saturated rings. The summed E-state index contributed by atoms with van der Waals surface area (Å²) >= 11 is 4.83. The summed E-state index contributed by atoms with van der Waals surface area (Å²) in [7, 11) is 0. The van der Waals surface area contributed by atoms with E-state index in [1.165, 1.54) is 0 Å². The Bertz CT molecular complexity index is 418. The van der Waals surface area contributed by atoms with Crippen molar-refractivity contribution in [2.75, 3.05) is 19.7 Å². The van der Waals surface area contributed by atoms with Gasteiger partial charge in [-0.2, -0.15) is 0 Å². The van der Waals surface area contributed by atoms with Crippen molar-refractivity contribution in [2.45, 2.75) is 13.8 Å². The van der Waals surface area contributed by atoms with Crippen LogP contribution in [0.5, 0.6) is 5.75 Å². The van der Waals surface area contributed by atoms with Gasteiger partial charge in [0.15, 0.2) is 0 Å². The molecule has 0 atom stereocenters. The third-order valence-electron chi connectivity index (χ3n) is 2.43. The van der Waals surface area contributed by atoms with Crippen LogP contribution in [0.15, 0.2) is 24.3 Å². The van der Waals surface area contributed by atoms with Gasteiger partial charge >= 0.3 is 0 Å².